The van der Waals surface area contributed by atoms with Crippen LogP contribution in [-0.2, 0) is 0 Å². The van der Waals surface area contributed by atoms with Crippen molar-refractivity contribution in [3.05, 3.63) is 101 Å². The molecule has 29 heavy (non-hydrogen) atoms. The maximum Gasteiger partial charge on any atom is 0.354 e. The predicted octanol–water partition coefficient (Wildman–Crippen LogP) is 5.46. The number of fused-ring (bicyclic) bond motifs is 1. The van der Waals surface area contributed by atoms with E-state index in [0.717, 1.165) is 40.4 Å². The number of rotatable bonds is 5. The SMILES string of the molecule is O=C(O)c1cccc(C(c2ccc(F)c(C3CC3)c2)c2c[nH]c3ccccc23)n1. The number of aromatic carboxylic acids is 1. The highest BCUT2D eigenvalue weighted by molar-refractivity contribution is 5.86. The zero-order chi connectivity index (χ0) is 20.0. The molecule has 2 N–H and O–H groups in total. The number of aromatic amines is 1. The van der Waals surface area contributed by atoms with Gasteiger partial charge in [0, 0.05) is 17.1 Å². The van der Waals surface area contributed by atoms with Crippen molar-refractivity contribution in [2.75, 3.05) is 0 Å². The molecule has 1 unspecified atom stereocenters. The molecule has 144 valence electrons. The average Bonchev–Trinajstić information content (AvgIpc) is 3.50. The summed E-state index contributed by atoms with van der Waals surface area (Å²) in [5.74, 6) is -1.27. The average molecular weight is 386 g/mol. The number of nitrogens with zero attached hydrogens (tertiary/aromatic N) is 1. The first-order valence-electron chi connectivity index (χ1n) is 9.67. The van der Waals surface area contributed by atoms with Gasteiger partial charge in [-0.1, -0.05) is 36.4 Å². The molecule has 0 radical (unpaired) electrons. The number of hydrogen-bond acceptors (Lipinski definition) is 2. The van der Waals surface area contributed by atoms with Gasteiger partial charge >= 0.3 is 5.97 Å². The quantitative estimate of drug-likeness (QED) is 0.479. The fraction of sp³-hybridized carbons (Fsp3) is 0.167. The normalized spacial score (nSPS) is 14.8. The Morgan fingerprint density at radius 3 is 2.72 bits per heavy atom. The van der Waals surface area contributed by atoms with E-state index in [1.54, 1.807) is 12.1 Å². The van der Waals surface area contributed by atoms with Crippen LogP contribution in [0.25, 0.3) is 10.9 Å². The van der Waals surface area contributed by atoms with Crippen molar-refractivity contribution in [3.8, 4) is 0 Å². The lowest BCUT2D eigenvalue weighted by atomic mass is 9.86. The van der Waals surface area contributed by atoms with Gasteiger partial charge < -0.3 is 10.1 Å². The first-order valence-corrected chi connectivity index (χ1v) is 9.67. The van der Waals surface area contributed by atoms with Gasteiger partial charge in [0.05, 0.1) is 11.6 Å². The molecule has 0 saturated heterocycles. The lowest BCUT2D eigenvalue weighted by Crippen LogP contribution is -2.09. The van der Waals surface area contributed by atoms with Gasteiger partial charge in [-0.15, -0.1) is 0 Å². The lowest BCUT2D eigenvalue weighted by Gasteiger charge is -2.19. The number of carboxylic acid groups (broad SMARTS) is 1. The van der Waals surface area contributed by atoms with E-state index >= 15 is 0 Å². The fourth-order valence-corrected chi connectivity index (χ4v) is 4.02. The highest BCUT2D eigenvalue weighted by atomic mass is 19.1. The third kappa shape index (κ3) is 3.18. The summed E-state index contributed by atoms with van der Waals surface area (Å²) >= 11 is 0. The number of hydrogen-bond donors (Lipinski definition) is 2. The largest absolute Gasteiger partial charge is 0.477 e. The van der Waals surface area contributed by atoms with E-state index in [4.69, 9.17) is 0 Å². The Balaban J connectivity index is 1.73. The fourth-order valence-electron chi connectivity index (χ4n) is 4.02. The van der Waals surface area contributed by atoms with Gasteiger partial charge in [0.2, 0.25) is 0 Å². The Hall–Kier alpha value is -3.47. The molecule has 1 saturated carbocycles. The zero-order valence-electron chi connectivity index (χ0n) is 15.6. The van der Waals surface area contributed by atoms with Crippen molar-refractivity contribution in [2.45, 2.75) is 24.7 Å². The topological polar surface area (TPSA) is 66.0 Å². The molecule has 0 bridgehead atoms. The molecule has 0 spiro atoms. The minimum Gasteiger partial charge on any atom is -0.477 e. The Labute approximate surface area is 167 Å². The molecule has 2 aromatic heterocycles. The molecule has 1 aliphatic rings. The number of halogens is 1. The molecule has 5 rings (SSSR count). The maximum absolute atomic E-state index is 14.4. The molecule has 0 amide bonds. The number of nitrogens with one attached hydrogen (secondary N) is 1. The second-order valence-corrected chi connectivity index (χ2v) is 7.53. The molecule has 2 aromatic carbocycles. The van der Waals surface area contributed by atoms with Crippen molar-refractivity contribution in [1.29, 1.82) is 0 Å². The third-order valence-electron chi connectivity index (χ3n) is 5.59. The number of carbonyl (C=O) groups is 1. The van der Waals surface area contributed by atoms with E-state index in [1.165, 1.54) is 12.1 Å². The predicted molar refractivity (Wildman–Crippen MR) is 109 cm³/mol. The van der Waals surface area contributed by atoms with Crippen molar-refractivity contribution in [3.63, 3.8) is 0 Å². The minimum absolute atomic E-state index is 0.00290. The highest BCUT2D eigenvalue weighted by Gasteiger charge is 2.29. The van der Waals surface area contributed by atoms with Crippen LogP contribution in [0.3, 0.4) is 0 Å². The van der Waals surface area contributed by atoms with Gasteiger partial charge in [-0.25, -0.2) is 14.2 Å². The first kappa shape index (κ1) is 17.6. The van der Waals surface area contributed by atoms with Crippen molar-refractivity contribution in [1.82, 2.24) is 9.97 Å². The summed E-state index contributed by atoms with van der Waals surface area (Å²) in [7, 11) is 0. The van der Waals surface area contributed by atoms with Crippen molar-refractivity contribution < 1.29 is 14.3 Å². The Morgan fingerprint density at radius 2 is 1.93 bits per heavy atom. The van der Waals surface area contributed by atoms with Crippen molar-refractivity contribution in [2.24, 2.45) is 0 Å². The number of pyridine rings is 1. The molecule has 4 aromatic rings. The summed E-state index contributed by atoms with van der Waals surface area (Å²) in [6.07, 6.45) is 3.94. The molecule has 1 aliphatic carbocycles. The summed E-state index contributed by atoms with van der Waals surface area (Å²) in [5.41, 5.74) is 4.25. The van der Waals surface area contributed by atoms with E-state index in [9.17, 15) is 14.3 Å². The third-order valence-corrected chi connectivity index (χ3v) is 5.59. The Kier molecular flexibility index (Phi) is 4.16. The van der Waals surface area contributed by atoms with Crippen LogP contribution in [0.1, 0.15) is 57.6 Å². The number of H-pyrrole nitrogens is 1. The van der Waals surface area contributed by atoms with Crippen LogP contribution in [0, 0.1) is 5.82 Å². The Bertz CT molecular complexity index is 1230. The minimum atomic E-state index is -1.07. The van der Waals surface area contributed by atoms with E-state index in [1.807, 2.05) is 42.6 Å². The smallest absolute Gasteiger partial charge is 0.354 e. The zero-order valence-corrected chi connectivity index (χ0v) is 15.6. The molecule has 4 nitrogen and oxygen atoms in total. The van der Waals surface area contributed by atoms with Gasteiger partial charge in [0.1, 0.15) is 11.5 Å². The van der Waals surface area contributed by atoms with Gasteiger partial charge in [-0.2, -0.15) is 0 Å². The number of para-hydroxylation sites is 1. The first-order chi connectivity index (χ1) is 14.1. The molecule has 1 fully saturated rings. The lowest BCUT2D eigenvalue weighted by molar-refractivity contribution is 0.0690. The second kappa shape index (κ2) is 6.85. The maximum atomic E-state index is 14.4. The summed E-state index contributed by atoms with van der Waals surface area (Å²) in [6.45, 7) is 0. The van der Waals surface area contributed by atoms with Crippen LogP contribution in [0.15, 0.2) is 66.9 Å². The molecule has 5 heteroatoms. The van der Waals surface area contributed by atoms with Gasteiger partial charge in [0.15, 0.2) is 0 Å². The summed E-state index contributed by atoms with van der Waals surface area (Å²) < 4.78 is 14.4. The molecule has 2 heterocycles. The summed E-state index contributed by atoms with van der Waals surface area (Å²) in [6, 6.07) is 18.2. The van der Waals surface area contributed by atoms with Crippen LogP contribution in [0.5, 0.6) is 0 Å². The van der Waals surface area contributed by atoms with Crippen LogP contribution in [-0.4, -0.2) is 21.0 Å². The number of carboxylic acids is 1. The monoisotopic (exact) mass is 386 g/mol. The van der Waals surface area contributed by atoms with Crippen LogP contribution in [0.4, 0.5) is 4.39 Å². The van der Waals surface area contributed by atoms with Crippen LogP contribution >= 0.6 is 0 Å². The highest BCUT2D eigenvalue weighted by Crippen LogP contribution is 2.43. The van der Waals surface area contributed by atoms with Gasteiger partial charge in [-0.05, 0) is 59.7 Å². The molecular formula is C24H19FN2O2. The molecule has 1 atom stereocenters. The van der Waals surface area contributed by atoms with E-state index in [2.05, 4.69) is 9.97 Å². The van der Waals surface area contributed by atoms with Gasteiger partial charge in [0.25, 0.3) is 0 Å². The molecular weight excluding hydrogens is 367 g/mol. The standard InChI is InChI=1S/C24H19FN2O2/c25-19-11-10-15(12-17(19)14-8-9-14)23(21-6-3-7-22(27-21)24(28)29)18-13-26-20-5-2-1-4-16(18)20/h1-7,10-14,23,26H,8-9H2,(H,28,29). The van der Waals surface area contributed by atoms with Crippen LogP contribution < -0.4 is 0 Å². The van der Waals surface area contributed by atoms with Gasteiger partial charge in [-0.3, -0.25) is 0 Å². The van der Waals surface area contributed by atoms with E-state index in [0.29, 0.717) is 5.69 Å². The van der Waals surface area contributed by atoms with E-state index < -0.39 is 5.97 Å². The van der Waals surface area contributed by atoms with E-state index in [-0.39, 0.29) is 23.3 Å². The Morgan fingerprint density at radius 1 is 1.10 bits per heavy atom. The second-order valence-electron chi connectivity index (χ2n) is 7.53. The number of aromatic nitrogens is 2. The van der Waals surface area contributed by atoms with Crippen molar-refractivity contribution >= 4 is 16.9 Å². The van der Waals surface area contributed by atoms with Crippen LogP contribution in [0.2, 0.25) is 0 Å². The number of benzene rings is 2. The summed E-state index contributed by atoms with van der Waals surface area (Å²) in [5, 5.41) is 10.4. The summed E-state index contributed by atoms with van der Waals surface area (Å²) in [4.78, 5) is 19.2. The molecule has 0 aliphatic heterocycles.